The second-order valence-corrected chi connectivity index (χ2v) is 5.19. The van der Waals surface area contributed by atoms with Crippen molar-refractivity contribution in [2.45, 2.75) is 38.8 Å². The minimum absolute atomic E-state index is 0.00926. The van der Waals surface area contributed by atoms with Crippen molar-refractivity contribution in [2.75, 3.05) is 18.2 Å². The molecular formula is C11H22N2O2S. The van der Waals surface area contributed by atoms with Gasteiger partial charge in [-0.15, -0.1) is 11.8 Å². The summed E-state index contributed by atoms with van der Waals surface area (Å²) in [6.45, 7) is 4.50. The Morgan fingerprint density at radius 1 is 1.56 bits per heavy atom. The van der Waals surface area contributed by atoms with Crippen LogP contribution in [0.15, 0.2) is 0 Å². The van der Waals surface area contributed by atoms with Crippen molar-refractivity contribution in [3.8, 4) is 0 Å². The van der Waals surface area contributed by atoms with Crippen molar-refractivity contribution < 1.29 is 9.90 Å². The molecule has 2 atom stereocenters. The summed E-state index contributed by atoms with van der Waals surface area (Å²) in [5.41, 5.74) is 0. The summed E-state index contributed by atoms with van der Waals surface area (Å²) in [7, 11) is 0. The van der Waals surface area contributed by atoms with Gasteiger partial charge < -0.3 is 10.4 Å². The Bertz CT molecular complexity index is 216. The van der Waals surface area contributed by atoms with E-state index in [-0.39, 0.29) is 17.9 Å². The van der Waals surface area contributed by atoms with Gasteiger partial charge in [-0.2, -0.15) is 0 Å². The van der Waals surface area contributed by atoms with Crippen LogP contribution in [-0.2, 0) is 4.79 Å². The number of hydrogen-bond acceptors (Lipinski definition) is 4. The quantitative estimate of drug-likeness (QED) is 0.641. The van der Waals surface area contributed by atoms with Crippen LogP contribution in [-0.4, -0.2) is 41.3 Å². The van der Waals surface area contributed by atoms with Crippen molar-refractivity contribution in [3.05, 3.63) is 0 Å². The maximum atomic E-state index is 11.7. The number of carbonyl (C=O) groups is 1. The Morgan fingerprint density at radius 2 is 2.25 bits per heavy atom. The van der Waals surface area contributed by atoms with Crippen LogP contribution in [0.3, 0.4) is 0 Å². The van der Waals surface area contributed by atoms with Gasteiger partial charge in [-0.3, -0.25) is 10.1 Å². The number of rotatable bonds is 6. The molecular weight excluding hydrogens is 224 g/mol. The molecule has 1 heterocycles. The van der Waals surface area contributed by atoms with Crippen LogP contribution in [0.2, 0.25) is 0 Å². The normalized spacial score (nSPS) is 22.4. The van der Waals surface area contributed by atoms with Crippen molar-refractivity contribution >= 4 is 17.7 Å². The molecule has 0 aromatic carbocycles. The molecule has 0 aliphatic carbocycles. The second-order valence-electron chi connectivity index (χ2n) is 4.16. The molecule has 0 saturated carbocycles. The zero-order valence-electron chi connectivity index (χ0n) is 10.0. The lowest BCUT2D eigenvalue weighted by molar-refractivity contribution is -0.123. The molecule has 0 aromatic rings. The first-order valence-corrected chi connectivity index (χ1v) is 7.11. The molecule has 1 fully saturated rings. The van der Waals surface area contributed by atoms with Gasteiger partial charge >= 0.3 is 0 Å². The van der Waals surface area contributed by atoms with E-state index in [0.29, 0.717) is 6.54 Å². The molecule has 3 N–H and O–H groups in total. The number of aliphatic hydroxyl groups is 1. The van der Waals surface area contributed by atoms with Crippen LogP contribution in [0.25, 0.3) is 0 Å². The smallest absolute Gasteiger partial charge is 0.238 e. The number of hydrogen-bond donors (Lipinski definition) is 3. The van der Waals surface area contributed by atoms with Crippen molar-refractivity contribution in [3.63, 3.8) is 0 Å². The summed E-state index contributed by atoms with van der Waals surface area (Å²) >= 11 is 1.73. The monoisotopic (exact) mass is 246 g/mol. The number of carbonyl (C=O) groups excluding carboxylic acids is 1. The van der Waals surface area contributed by atoms with Gasteiger partial charge in [0.2, 0.25) is 5.91 Å². The number of amides is 1. The van der Waals surface area contributed by atoms with Crippen molar-refractivity contribution in [2.24, 2.45) is 5.92 Å². The van der Waals surface area contributed by atoms with E-state index in [1.54, 1.807) is 11.8 Å². The maximum absolute atomic E-state index is 11.7. The van der Waals surface area contributed by atoms with E-state index in [9.17, 15) is 9.90 Å². The fourth-order valence-electron chi connectivity index (χ4n) is 1.89. The zero-order valence-corrected chi connectivity index (χ0v) is 10.8. The molecule has 1 rings (SSSR count). The maximum Gasteiger partial charge on any atom is 0.238 e. The SMILES string of the molecule is CCC(CC)C(O)CNC(=O)C1CSCN1. The highest BCUT2D eigenvalue weighted by Gasteiger charge is 2.23. The lowest BCUT2D eigenvalue weighted by Crippen LogP contribution is -2.45. The highest BCUT2D eigenvalue weighted by Crippen LogP contribution is 2.13. The van der Waals surface area contributed by atoms with Crippen LogP contribution >= 0.6 is 11.8 Å². The molecule has 0 bridgehead atoms. The summed E-state index contributed by atoms with van der Waals surface area (Å²) in [4.78, 5) is 11.7. The van der Waals surface area contributed by atoms with E-state index in [4.69, 9.17) is 0 Å². The van der Waals surface area contributed by atoms with Crippen LogP contribution < -0.4 is 10.6 Å². The first kappa shape index (κ1) is 13.8. The largest absolute Gasteiger partial charge is 0.391 e. The molecule has 1 amide bonds. The van der Waals surface area contributed by atoms with Gasteiger partial charge in [-0.05, 0) is 5.92 Å². The van der Waals surface area contributed by atoms with Gasteiger partial charge in [0.15, 0.2) is 0 Å². The van der Waals surface area contributed by atoms with Gasteiger partial charge in [0, 0.05) is 18.2 Å². The third-order valence-electron chi connectivity index (χ3n) is 3.11. The van der Waals surface area contributed by atoms with Crippen LogP contribution in [0.4, 0.5) is 0 Å². The van der Waals surface area contributed by atoms with E-state index in [0.717, 1.165) is 24.5 Å². The number of nitrogens with one attached hydrogen (secondary N) is 2. The highest BCUT2D eigenvalue weighted by atomic mass is 32.2. The molecule has 1 aliphatic heterocycles. The summed E-state index contributed by atoms with van der Waals surface area (Å²) in [6, 6.07) is -0.0843. The lowest BCUT2D eigenvalue weighted by atomic mass is 9.96. The first-order chi connectivity index (χ1) is 7.69. The predicted molar refractivity (Wildman–Crippen MR) is 67.3 cm³/mol. The van der Waals surface area contributed by atoms with Gasteiger partial charge in [-0.25, -0.2) is 0 Å². The average Bonchev–Trinajstić information content (AvgIpc) is 2.81. The van der Waals surface area contributed by atoms with Gasteiger partial charge in [0.25, 0.3) is 0 Å². The molecule has 0 radical (unpaired) electrons. The predicted octanol–water partition coefficient (Wildman–Crippen LogP) is 0.562. The van der Waals surface area contributed by atoms with Crippen molar-refractivity contribution in [1.29, 1.82) is 0 Å². The van der Waals surface area contributed by atoms with Crippen LogP contribution in [0, 0.1) is 5.92 Å². The van der Waals surface area contributed by atoms with E-state index < -0.39 is 6.10 Å². The Kier molecular flexibility index (Phi) is 6.16. The van der Waals surface area contributed by atoms with Crippen LogP contribution in [0.5, 0.6) is 0 Å². The summed E-state index contributed by atoms with van der Waals surface area (Å²) in [5, 5.41) is 15.8. The van der Waals surface area contributed by atoms with E-state index in [2.05, 4.69) is 24.5 Å². The van der Waals surface area contributed by atoms with Crippen LogP contribution in [0.1, 0.15) is 26.7 Å². The fraction of sp³-hybridized carbons (Fsp3) is 0.909. The standard InChI is InChI=1S/C11H22N2O2S/c1-3-8(4-2)10(14)5-12-11(15)9-6-16-7-13-9/h8-10,13-14H,3-7H2,1-2H3,(H,12,15). The van der Waals surface area contributed by atoms with E-state index >= 15 is 0 Å². The third kappa shape index (κ3) is 3.96. The Balaban J connectivity index is 2.24. The third-order valence-corrected chi connectivity index (χ3v) is 4.05. The van der Waals surface area contributed by atoms with Gasteiger partial charge in [-0.1, -0.05) is 26.7 Å². The fourth-order valence-corrected chi connectivity index (χ4v) is 2.83. The minimum Gasteiger partial charge on any atom is -0.391 e. The van der Waals surface area contributed by atoms with Crippen molar-refractivity contribution in [1.82, 2.24) is 10.6 Å². The van der Waals surface area contributed by atoms with Gasteiger partial charge in [0.05, 0.1) is 12.1 Å². The molecule has 0 aromatic heterocycles. The van der Waals surface area contributed by atoms with E-state index in [1.165, 1.54) is 0 Å². The molecule has 2 unspecified atom stereocenters. The Labute approximate surface area is 102 Å². The topological polar surface area (TPSA) is 61.4 Å². The summed E-state index contributed by atoms with van der Waals surface area (Å²) in [6.07, 6.45) is 1.48. The lowest BCUT2D eigenvalue weighted by Gasteiger charge is -2.21. The minimum atomic E-state index is -0.423. The molecule has 1 aliphatic rings. The Morgan fingerprint density at radius 3 is 2.75 bits per heavy atom. The summed E-state index contributed by atoms with van der Waals surface area (Å²) in [5.74, 6) is 1.96. The molecule has 4 nitrogen and oxygen atoms in total. The first-order valence-electron chi connectivity index (χ1n) is 5.95. The average molecular weight is 246 g/mol. The second kappa shape index (κ2) is 7.14. The molecule has 5 heteroatoms. The molecule has 0 spiro atoms. The molecule has 94 valence electrons. The zero-order chi connectivity index (χ0) is 12.0. The summed E-state index contributed by atoms with van der Waals surface area (Å²) < 4.78 is 0. The number of aliphatic hydroxyl groups excluding tert-OH is 1. The number of thioether (sulfide) groups is 1. The van der Waals surface area contributed by atoms with E-state index in [1.807, 2.05) is 0 Å². The molecule has 1 saturated heterocycles. The molecule has 16 heavy (non-hydrogen) atoms. The van der Waals surface area contributed by atoms with Gasteiger partial charge in [0.1, 0.15) is 0 Å². The Hall–Kier alpha value is -0.260. The highest BCUT2D eigenvalue weighted by molar-refractivity contribution is 7.99.